The second-order valence-electron chi connectivity index (χ2n) is 4.17. The number of alkyl halides is 3. The molecule has 0 aliphatic heterocycles. The van der Waals surface area contributed by atoms with Crippen molar-refractivity contribution in [1.82, 2.24) is 19.5 Å². The zero-order valence-electron chi connectivity index (χ0n) is 9.78. The Hall–Kier alpha value is -1.86. The van der Waals surface area contributed by atoms with Gasteiger partial charge in [0.15, 0.2) is 5.65 Å². The molecule has 0 aliphatic carbocycles. The third kappa shape index (κ3) is 1.98. The Morgan fingerprint density at radius 2 is 2.00 bits per heavy atom. The van der Waals surface area contributed by atoms with E-state index in [2.05, 4.69) is 15.0 Å². The average molecular weight is 259 g/mol. The number of nitrogens with zero attached hydrogens (tertiary/aromatic N) is 3. The van der Waals surface area contributed by atoms with Gasteiger partial charge in [-0.1, -0.05) is 13.8 Å². The summed E-state index contributed by atoms with van der Waals surface area (Å²) in [6, 6.07) is 0. The van der Waals surface area contributed by atoms with Crippen LogP contribution in [0, 0.1) is 5.41 Å². The lowest BCUT2D eigenvalue weighted by molar-refractivity contribution is 0.00684. The van der Waals surface area contributed by atoms with Crippen LogP contribution in [0.15, 0.2) is 6.20 Å². The first-order chi connectivity index (χ1) is 8.41. The Bertz CT molecular complexity index is 615. The smallest absolute Gasteiger partial charge is 0.288 e. The highest BCUT2D eigenvalue weighted by Crippen LogP contribution is 2.21. The Labute approximate surface area is 100 Å². The molecule has 98 valence electrons. The first-order valence-electron chi connectivity index (χ1n) is 5.35. The van der Waals surface area contributed by atoms with Crippen LogP contribution in [-0.2, 0) is 0 Å². The largest absolute Gasteiger partial charge is 0.339 e. The van der Waals surface area contributed by atoms with Gasteiger partial charge in [0, 0.05) is 5.92 Å². The van der Waals surface area contributed by atoms with E-state index in [9.17, 15) is 13.2 Å². The molecule has 5 nitrogen and oxygen atoms in total. The number of aromatic amines is 1. The summed E-state index contributed by atoms with van der Waals surface area (Å²) in [5.41, 5.74) is -0.276. The van der Waals surface area contributed by atoms with Gasteiger partial charge in [-0.25, -0.2) is 23.1 Å². The van der Waals surface area contributed by atoms with E-state index in [4.69, 9.17) is 5.41 Å². The Kier molecular flexibility index (Phi) is 3.10. The SMILES string of the molecule is CC(C)c1nc2c(cnc(=N)n2C(F)C(F)F)[nH]1. The van der Waals surface area contributed by atoms with Crippen LogP contribution in [0.4, 0.5) is 13.2 Å². The van der Waals surface area contributed by atoms with E-state index < -0.39 is 18.3 Å². The number of fused-ring (bicyclic) bond motifs is 1. The first kappa shape index (κ1) is 12.6. The van der Waals surface area contributed by atoms with Gasteiger partial charge < -0.3 is 4.98 Å². The van der Waals surface area contributed by atoms with Crippen molar-refractivity contribution in [2.75, 3.05) is 0 Å². The fourth-order valence-electron chi connectivity index (χ4n) is 1.58. The summed E-state index contributed by atoms with van der Waals surface area (Å²) in [7, 11) is 0. The molecule has 2 heterocycles. The number of halogens is 3. The van der Waals surface area contributed by atoms with Crippen LogP contribution in [0.2, 0.25) is 0 Å². The maximum absolute atomic E-state index is 13.5. The summed E-state index contributed by atoms with van der Waals surface area (Å²) in [6.07, 6.45) is -4.58. The van der Waals surface area contributed by atoms with Gasteiger partial charge in [-0.2, -0.15) is 0 Å². The molecule has 0 aromatic carbocycles. The fourth-order valence-corrected chi connectivity index (χ4v) is 1.58. The molecular formula is C10H12F3N5. The average Bonchev–Trinajstić information content (AvgIpc) is 2.71. The molecule has 0 bridgehead atoms. The van der Waals surface area contributed by atoms with Crippen LogP contribution in [0.5, 0.6) is 0 Å². The van der Waals surface area contributed by atoms with Gasteiger partial charge >= 0.3 is 0 Å². The van der Waals surface area contributed by atoms with Crippen molar-refractivity contribution in [3.05, 3.63) is 17.6 Å². The second kappa shape index (κ2) is 4.43. The van der Waals surface area contributed by atoms with Crippen molar-refractivity contribution < 1.29 is 13.2 Å². The summed E-state index contributed by atoms with van der Waals surface area (Å²) >= 11 is 0. The predicted molar refractivity (Wildman–Crippen MR) is 58.0 cm³/mol. The number of rotatable bonds is 3. The van der Waals surface area contributed by atoms with Crippen LogP contribution in [-0.4, -0.2) is 25.9 Å². The van der Waals surface area contributed by atoms with Gasteiger partial charge in [-0.3, -0.25) is 9.98 Å². The summed E-state index contributed by atoms with van der Waals surface area (Å²) in [5, 5.41) is 7.42. The molecule has 18 heavy (non-hydrogen) atoms. The molecule has 0 amide bonds. The van der Waals surface area contributed by atoms with Crippen molar-refractivity contribution in [1.29, 1.82) is 5.41 Å². The van der Waals surface area contributed by atoms with E-state index in [1.807, 2.05) is 13.8 Å². The standard InChI is InChI=1S/C10H12F3N5/c1-4(2)8-16-5-3-15-10(14)18(9(5)17-8)7(13)6(11)12/h3-4,6-7,14H,1-2H3,(H,16,17). The summed E-state index contributed by atoms with van der Waals surface area (Å²) in [6.45, 7) is 3.72. The minimum atomic E-state index is -3.23. The monoisotopic (exact) mass is 259 g/mol. The van der Waals surface area contributed by atoms with E-state index in [0.29, 0.717) is 15.9 Å². The van der Waals surface area contributed by atoms with Crippen LogP contribution in [0.1, 0.15) is 31.9 Å². The third-order valence-corrected chi connectivity index (χ3v) is 2.50. The number of nitrogens with one attached hydrogen (secondary N) is 2. The molecule has 2 aromatic heterocycles. The molecular weight excluding hydrogens is 247 g/mol. The maximum atomic E-state index is 13.5. The molecule has 1 unspecified atom stereocenters. The number of H-pyrrole nitrogens is 1. The molecule has 0 saturated heterocycles. The van der Waals surface area contributed by atoms with Gasteiger partial charge in [0.25, 0.3) is 6.43 Å². The van der Waals surface area contributed by atoms with Gasteiger partial charge in [0.05, 0.1) is 6.20 Å². The van der Waals surface area contributed by atoms with Crippen LogP contribution in [0.3, 0.4) is 0 Å². The number of imidazole rings is 1. The molecule has 0 fully saturated rings. The lowest BCUT2D eigenvalue weighted by Gasteiger charge is -2.11. The minimum Gasteiger partial charge on any atom is -0.339 e. The molecule has 2 rings (SSSR count). The van der Waals surface area contributed by atoms with Gasteiger partial charge in [0.1, 0.15) is 11.3 Å². The highest BCUT2D eigenvalue weighted by Gasteiger charge is 2.25. The van der Waals surface area contributed by atoms with E-state index >= 15 is 0 Å². The van der Waals surface area contributed by atoms with Crippen LogP contribution < -0.4 is 5.62 Å². The van der Waals surface area contributed by atoms with E-state index in [1.165, 1.54) is 6.20 Å². The lowest BCUT2D eigenvalue weighted by Crippen LogP contribution is -2.28. The Balaban J connectivity index is 2.70. The second-order valence-corrected chi connectivity index (χ2v) is 4.17. The molecule has 2 aromatic rings. The minimum absolute atomic E-state index is 0.0218. The fraction of sp³-hybridized carbons (Fsp3) is 0.500. The molecule has 0 saturated carbocycles. The zero-order chi connectivity index (χ0) is 13.4. The number of aromatic nitrogens is 4. The molecule has 0 spiro atoms. The predicted octanol–water partition coefficient (Wildman–Crippen LogP) is 2.10. The summed E-state index contributed by atoms with van der Waals surface area (Å²) in [5.74, 6) is 0.567. The quantitative estimate of drug-likeness (QED) is 0.886. The van der Waals surface area contributed by atoms with E-state index in [-0.39, 0.29) is 11.6 Å². The van der Waals surface area contributed by atoms with Crippen molar-refractivity contribution >= 4 is 11.2 Å². The molecule has 2 N–H and O–H groups in total. The highest BCUT2D eigenvalue weighted by molar-refractivity contribution is 5.69. The van der Waals surface area contributed by atoms with Crippen molar-refractivity contribution in [3.8, 4) is 0 Å². The van der Waals surface area contributed by atoms with Gasteiger partial charge in [0.2, 0.25) is 11.9 Å². The lowest BCUT2D eigenvalue weighted by atomic mass is 10.2. The Morgan fingerprint density at radius 3 is 2.56 bits per heavy atom. The normalized spacial score (nSPS) is 13.7. The zero-order valence-corrected chi connectivity index (χ0v) is 9.78. The molecule has 0 aliphatic rings. The molecule has 0 radical (unpaired) electrons. The molecule has 8 heteroatoms. The summed E-state index contributed by atoms with van der Waals surface area (Å²) in [4.78, 5) is 10.5. The van der Waals surface area contributed by atoms with Crippen molar-refractivity contribution in [2.24, 2.45) is 0 Å². The topological polar surface area (TPSA) is 70.3 Å². The third-order valence-electron chi connectivity index (χ3n) is 2.50. The van der Waals surface area contributed by atoms with E-state index in [1.54, 1.807) is 0 Å². The van der Waals surface area contributed by atoms with Gasteiger partial charge in [-0.15, -0.1) is 0 Å². The first-order valence-corrected chi connectivity index (χ1v) is 5.35. The molecule has 1 atom stereocenters. The maximum Gasteiger partial charge on any atom is 0.288 e. The van der Waals surface area contributed by atoms with Crippen molar-refractivity contribution in [3.63, 3.8) is 0 Å². The number of hydrogen-bond donors (Lipinski definition) is 2. The number of hydrogen-bond acceptors (Lipinski definition) is 3. The Morgan fingerprint density at radius 1 is 1.33 bits per heavy atom. The van der Waals surface area contributed by atoms with E-state index in [0.717, 1.165) is 0 Å². The van der Waals surface area contributed by atoms with Gasteiger partial charge in [-0.05, 0) is 0 Å². The van der Waals surface area contributed by atoms with Crippen LogP contribution >= 0.6 is 0 Å². The summed E-state index contributed by atoms with van der Waals surface area (Å²) < 4.78 is 38.8. The van der Waals surface area contributed by atoms with Crippen LogP contribution in [0.25, 0.3) is 11.2 Å². The highest BCUT2D eigenvalue weighted by atomic mass is 19.3. The van der Waals surface area contributed by atoms with Crippen molar-refractivity contribution in [2.45, 2.75) is 32.5 Å².